The van der Waals surface area contributed by atoms with Crippen LogP contribution in [0, 0.1) is 6.92 Å². The van der Waals surface area contributed by atoms with Gasteiger partial charge in [0.25, 0.3) is 10.0 Å². The lowest BCUT2D eigenvalue weighted by Gasteiger charge is -2.13. The zero-order chi connectivity index (χ0) is 18.4. The van der Waals surface area contributed by atoms with Crippen LogP contribution in [0.5, 0.6) is 17.2 Å². The zero-order valence-electron chi connectivity index (χ0n) is 14.4. The van der Waals surface area contributed by atoms with E-state index in [1.165, 1.54) is 39.7 Å². The number of nitrogens with zero attached hydrogens (tertiary/aromatic N) is 1. The number of hydrogen-bond donors (Lipinski definition) is 1. The van der Waals surface area contributed by atoms with Gasteiger partial charge in [0.15, 0.2) is 11.5 Å². The van der Waals surface area contributed by atoms with Crippen LogP contribution in [0.2, 0.25) is 0 Å². The maximum Gasteiger partial charge on any atom is 0.276 e. The fourth-order valence-electron chi connectivity index (χ4n) is 2.16. The highest BCUT2D eigenvalue weighted by Crippen LogP contribution is 2.38. The lowest BCUT2D eigenvalue weighted by molar-refractivity contribution is 0.324. The van der Waals surface area contributed by atoms with E-state index in [1.54, 1.807) is 24.3 Å². The van der Waals surface area contributed by atoms with Crippen molar-refractivity contribution in [3.63, 3.8) is 0 Å². The summed E-state index contributed by atoms with van der Waals surface area (Å²) in [6.45, 7) is 1.88. The van der Waals surface area contributed by atoms with E-state index >= 15 is 0 Å². The van der Waals surface area contributed by atoms with Gasteiger partial charge in [0.05, 0.1) is 32.4 Å². The molecule has 8 heteroatoms. The molecule has 0 aliphatic heterocycles. The van der Waals surface area contributed by atoms with Gasteiger partial charge in [0.1, 0.15) is 0 Å². The molecule has 0 aliphatic rings. The Labute approximate surface area is 147 Å². The normalized spacial score (nSPS) is 11.4. The van der Waals surface area contributed by atoms with E-state index in [2.05, 4.69) is 9.93 Å². The smallest absolute Gasteiger partial charge is 0.276 e. The molecule has 0 saturated carbocycles. The fourth-order valence-corrected chi connectivity index (χ4v) is 2.95. The molecule has 0 amide bonds. The van der Waals surface area contributed by atoms with E-state index in [4.69, 9.17) is 14.2 Å². The average Bonchev–Trinajstić information content (AvgIpc) is 2.61. The number of ether oxygens (including phenoxy) is 3. The number of hydrogen-bond acceptors (Lipinski definition) is 6. The van der Waals surface area contributed by atoms with Gasteiger partial charge in [0, 0.05) is 5.56 Å². The number of nitrogens with one attached hydrogen (secondary N) is 1. The first-order valence-electron chi connectivity index (χ1n) is 7.33. The van der Waals surface area contributed by atoms with E-state index in [0.717, 1.165) is 5.56 Å². The maximum atomic E-state index is 12.2. The molecular weight excluding hydrogens is 344 g/mol. The van der Waals surface area contributed by atoms with Crippen molar-refractivity contribution < 1.29 is 22.6 Å². The predicted octanol–water partition coefficient (Wildman–Crippen LogP) is 2.33. The molecule has 0 aliphatic carbocycles. The number of aryl methyl sites for hydroxylation is 1. The molecule has 0 radical (unpaired) electrons. The van der Waals surface area contributed by atoms with Gasteiger partial charge in [-0.1, -0.05) is 17.7 Å². The van der Waals surface area contributed by atoms with E-state index in [1.807, 2.05) is 6.92 Å². The van der Waals surface area contributed by atoms with Crippen molar-refractivity contribution in [2.75, 3.05) is 21.3 Å². The van der Waals surface area contributed by atoms with Crippen molar-refractivity contribution in [3.05, 3.63) is 47.5 Å². The molecule has 7 nitrogen and oxygen atoms in total. The third kappa shape index (κ3) is 4.21. The molecular formula is C17H20N2O5S. The monoisotopic (exact) mass is 364 g/mol. The van der Waals surface area contributed by atoms with Gasteiger partial charge in [0.2, 0.25) is 5.75 Å². The van der Waals surface area contributed by atoms with Crippen LogP contribution in [0.25, 0.3) is 0 Å². The molecule has 0 aromatic heterocycles. The van der Waals surface area contributed by atoms with Crippen molar-refractivity contribution in [3.8, 4) is 17.2 Å². The Hall–Kier alpha value is -2.74. The van der Waals surface area contributed by atoms with Crippen molar-refractivity contribution in [2.45, 2.75) is 11.8 Å². The molecule has 0 unspecified atom stereocenters. The zero-order valence-corrected chi connectivity index (χ0v) is 15.3. The largest absolute Gasteiger partial charge is 0.493 e. The molecule has 25 heavy (non-hydrogen) atoms. The Balaban J connectivity index is 2.26. The van der Waals surface area contributed by atoms with Crippen molar-refractivity contribution in [2.24, 2.45) is 5.10 Å². The Kier molecular flexibility index (Phi) is 5.87. The minimum Gasteiger partial charge on any atom is -0.493 e. The molecule has 0 heterocycles. The molecule has 0 spiro atoms. The summed E-state index contributed by atoms with van der Waals surface area (Å²) in [4.78, 5) is 2.31. The Morgan fingerprint density at radius 3 is 2.12 bits per heavy atom. The quantitative estimate of drug-likeness (QED) is 0.602. The second-order valence-electron chi connectivity index (χ2n) is 5.09. The molecule has 2 rings (SSSR count). The van der Waals surface area contributed by atoms with Crippen LogP contribution in [0.4, 0.5) is 0 Å². The summed E-state index contributed by atoms with van der Waals surface area (Å²) in [6.07, 6.45) is 1.34. The SMILES string of the molecule is COc1ccc(C=NNS(=O)(=O)c2ccc(C)cc2)c(OC)c1OC. The van der Waals surface area contributed by atoms with Crippen LogP contribution < -0.4 is 19.0 Å². The Bertz CT molecular complexity index is 861. The Morgan fingerprint density at radius 1 is 0.920 bits per heavy atom. The van der Waals surface area contributed by atoms with Gasteiger partial charge >= 0.3 is 0 Å². The molecule has 2 aromatic rings. The molecule has 0 bridgehead atoms. The number of sulfonamides is 1. The number of rotatable bonds is 7. The number of methoxy groups -OCH3 is 3. The van der Waals surface area contributed by atoms with Crippen LogP contribution in [0.3, 0.4) is 0 Å². The van der Waals surface area contributed by atoms with Gasteiger partial charge in [-0.3, -0.25) is 0 Å². The first-order chi connectivity index (χ1) is 11.9. The molecule has 0 saturated heterocycles. The van der Waals surface area contributed by atoms with Crippen LogP contribution in [-0.4, -0.2) is 36.0 Å². The average molecular weight is 364 g/mol. The lowest BCUT2D eigenvalue weighted by Crippen LogP contribution is -2.18. The van der Waals surface area contributed by atoms with Gasteiger partial charge in [-0.05, 0) is 31.2 Å². The van der Waals surface area contributed by atoms with Gasteiger partial charge < -0.3 is 14.2 Å². The predicted molar refractivity (Wildman–Crippen MR) is 95.2 cm³/mol. The molecule has 1 N–H and O–H groups in total. The summed E-state index contributed by atoms with van der Waals surface area (Å²) in [7, 11) is 0.739. The van der Waals surface area contributed by atoms with Crippen molar-refractivity contribution in [1.82, 2.24) is 4.83 Å². The molecule has 0 atom stereocenters. The fraction of sp³-hybridized carbons (Fsp3) is 0.235. The van der Waals surface area contributed by atoms with Gasteiger partial charge in [-0.15, -0.1) is 0 Å². The summed E-state index contributed by atoms with van der Waals surface area (Å²) >= 11 is 0. The van der Waals surface area contributed by atoms with Crippen LogP contribution in [0.1, 0.15) is 11.1 Å². The topological polar surface area (TPSA) is 86.2 Å². The van der Waals surface area contributed by atoms with E-state index in [9.17, 15) is 8.42 Å². The van der Waals surface area contributed by atoms with Crippen LogP contribution in [-0.2, 0) is 10.0 Å². The molecule has 0 fully saturated rings. The molecule has 2 aromatic carbocycles. The summed E-state index contributed by atoms with van der Waals surface area (Å²) in [5.41, 5.74) is 1.50. The van der Waals surface area contributed by atoms with Gasteiger partial charge in [-0.25, -0.2) is 4.83 Å². The van der Waals surface area contributed by atoms with Gasteiger partial charge in [-0.2, -0.15) is 13.5 Å². The van der Waals surface area contributed by atoms with Crippen LogP contribution >= 0.6 is 0 Å². The first kappa shape index (κ1) is 18.6. The third-order valence-corrected chi connectivity index (χ3v) is 4.68. The second-order valence-corrected chi connectivity index (χ2v) is 6.75. The third-order valence-electron chi connectivity index (χ3n) is 3.44. The summed E-state index contributed by atoms with van der Waals surface area (Å²) in [6, 6.07) is 9.83. The lowest BCUT2D eigenvalue weighted by atomic mass is 10.2. The second kappa shape index (κ2) is 7.89. The van der Waals surface area contributed by atoms with Crippen molar-refractivity contribution >= 4 is 16.2 Å². The standard InChI is InChI=1S/C17H20N2O5S/c1-12-5-8-14(9-6-12)25(20,21)19-18-11-13-7-10-15(22-2)17(24-4)16(13)23-3/h5-11,19H,1-4H3. The van der Waals surface area contributed by atoms with E-state index in [0.29, 0.717) is 22.8 Å². The number of benzene rings is 2. The summed E-state index contributed by atoms with van der Waals surface area (Å²) in [5.74, 6) is 1.28. The Morgan fingerprint density at radius 2 is 1.56 bits per heavy atom. The summed E-state index contributed by atoms with van der Waals surface area (Å²) < 4.78 is 40.2. The minimum atomic E-state index is -3.74. The first-order valence-corrected chi connectivity index (χ1v) is 8.81. The highest BCUT2D eigenvalue weighted by Gasteiger charge is 2.15. The maximum absolute atomic E-state index is 12.2. The number of hydrazone groups is 1. The van der Waals surface area contributed by atoms with E-state index < -0.39 is 10.0 Å². The highest BCUT2D eigenvalue weighted by molar-refractivity contribution is 7.89. The van der Waals surface area contributed by atoms with Crippen LogP contribution in [0.15, 0.2) is 46.4 Å². The minimum absolute atomic E-state index is 0.134. The molecule has 134 valence electrons. The summed E-state index contributed by atoms with van der Waals surface area (Å²) in [5, 5.41) is 3.81. The van der Waals surface area contributed by atoms with E-state index in [-0.39, 0.29) is 4.90 Å². The van der Waals surface area contributed by atoms with Crippen molar-refractivity contribution in [1.29, 1.82) is 0 Å². The highest BCUT2D eigenvalue weighted by atomic mass is 32.2.